The van der Waals surface area contributed by atoms with Crippen molar-refractivity contribution in [2.24, 2.45) is 17.8 Å². The second-order valence-corrected chi connectivity index (χ2v) is 8.41. The van der Waals surface area contributed by atoms with Crippen LogP contribution < -0.4 is 10.6 Å². The molecule has 0 radical (unpaired) electrons. The van der Waals surface area contributed by atoms with E-state index >= 15 is 0 Å². The van der Waals surface area contributed by atoms with Gasteiger partial charge in [-0.25, -0.2) is 4.79 Å². The fraction of sp³-hybridized carbons (Fsp3) is 0.944. The fourth-order valence-corrected chi connectivity index (χ4v) is 3.16. The van der Waals surface area contributed by atoms with Gasteiger partial charge in [-0.15, -0.1) is 0 Å². The lowest BCUT2D eigenvalue weighted by Crippen LogP contribution is -2.50. The summed E-state index contributed by atoms with van der Waals surface area (Å²) in [6, 6.07) is 0.666. The standard InChI is InChI=1S/C18H36N2O2/c1-12(2)16(20-17(21)22-18(5,6)7)11-19-15-9-8-13(3)10-14(15)4/h12-16,19H,8-11H2,1-7H3,(H,20,21). The van der Waals surface area contributed by atoms with Crippen LogP contribution >= 0.6 is 0 Å². The Balaban J connectivity index is 2.46. The van der Waals surface area contributed by atoms with Gasteiger partial charge in [0.1, 0.15) is 5.60 Å². The van der Waals surface area contributed by atoms with Crippen molar-refractivity contribution in [1.29, 1.82) is 0 Å². The highest BCUT2D eigenvalue weighted by Crippen LogP contribution is 2.28. The van der Waals surface area contributed by atoms with E-state index in [4.69, 9.17) is 4.74 Å². The first-order valence-corrected chi connectivity index (χ1v) is 8.81. The summed E-state index contributed by atoms with van der Waals surface area (Å²) in [4.78, 5) is 12.0. The molecule has 4 unspecified atom stereocenters. The highest BCUT2D eigenvalue weighted by atomic mass is 16.6. The molecule has 0 saturated heterocycles. The van der Waals surface area contributed by atoms with E-state index in [1.807, 2.05) is 20.8 Å². The summed E-state index contributed by atoms with van der Waals surface area (Å²) in [6.45, 7) is 15.4. The maximum absolute atomic E-state index is 12.0. The predicted molar refractivity (Wildman–Crippen MR) is 92.0 cm³/mol. The van der Waals surface area contributed by atoms with Crippen molar-refractivity contribution in [3.63, 3.8) is 0 Å². The Bertz CT molecular complexity index is 349. The monoisotopic (exact) mass is 312 g/mol. The number of amides is 1. The molecule has 1 aliphatic rings. The normalized spacial score (nSPS) is 27.5. The Morgan fingerprint density at radius 2 is 1.86 bits per heavy atom. The SMILES string of the molecule is CC1CCC(NCC(NC(=O)OC(C)(C)C)C(C)C)C(C)C1. The Kier molecular flexibility index (Phi) is 7.17. The Morgan fingerprint density at radius 1 is 1.23 bits per heavy atom. The molecule has 0 aromatic rings. The lowest BCUT2D eigenvalue weighted by molar-refractivity contribution is 0.0487. The third-order valence-electron chi connectivity index (χ3n) is 4.54. The van der Waals surface area contributed by atoms with Crippen LogP contribution in [0, 0.1) is 17.8 Å². The number of carbonyl (C=O) groups is 1. The van der Waals surface area contributed by atoms with Gasteiger partial charge in [0, 0.05) is 18.6 Å². The van der Waals surface area contributed by atoms with Gasteiger partial charge in [0.2, 0.25) is 0 Å². The quantitative estimate of drug-likeness (QED) is 0.808. The van der Waals surface area contributed by atoms with Gasteiger partial charge < -0.3 is 15.4 Å². The average molecular weight is 312 g/mol. The predicted octanol–water partition coefficient (Wildman–Crippen LogP) is 3.95. The molecular formula is C18H36N2O2. The van der Waals surface area contributed by atoms with Crippen LogP contribution in [-0.2, 0) is 4.74 Å². The van der Waals surface area contributed by atoms with E-state index in [2.05, 4.69) is 38.3 Å². The van der Waals surface area contributed by atoms with Crippen molar-refractivity contribution in [3.8, 4) is 0 Å². The molecule has 0 bridgehead atoms. The molecule has 0 aromatic heterocycles. The number of ether oxygens (including phenoxy) is 1. The number of carbonyl (C=O) groups excluding carboxylic acids is 1. The molecule has 130 valence electrons. The van der Waals surface area contributed by atoms with Gasteiger partial charge in [0.15, 0.2) is 0 Å². The molecule has 1 amide bonds. The second kappa shape index (κ2) is 8.19. The van der Waals surface area contributed by atoms with E-state index in [0.717, 1.165) is 12.5 Å². The molecule has 1 fully saturated rings. The summed E-state index contributed by atoms with van der Waals surface area (Å²) >= 11 is 0. The first-order valence-electron chi connectivity index (χ1n) is 8.81. The maximum atomic E-state index is 12.0. The summed E-state index contributed by atoms with van der Waals surface area (Å²) < 4.78 is 5.37. The van der Waals surface area contributed by atoms with Crippen LogP contribution in [-0.4, -0.2) is 30.3 Å². The van der Waals surface area contributed by atoms with Crippen molar-refractivity contribution in [3.05, 3.63) is 0 Å². The van der Waals surface area contributed by atoms with Gasteiger partial charge in [0.25, 0.3) is 0 Å². The van der Waals surface area contributed by atoms with Crippen LogP contribution in [0.1, 0.15) is 67.7 Å². The molecule has 0 heterocycles. The van der Waals surface area contributed by atoms with E-state index in [1.54, 1.807) is 0 Å². The summed E-state index contributed by atoms with van der Waals surface area (Å²) in [7, 11) is 0. The molecule has 4 atom stereocenters. The molecule has 0 aromatic carbocycles. The van der Waals surface area contributed by atoms with E-state index in [0.29, 0.717) is 17.9 Å². The van der Waals surface area contributed by atoms with Crippen LogP contribution in [0.4, 0.5) is 4.79 Å². The molecule has 2 N–H and O–H groups in total. The van der Waals surface area contributed by atoms with Gasteiger partial charge in [-0.1, -0.05) is 27.7 Å². The minimum atomic E-state index is -0.451. The molecule has 1 rings (SSSR count). The zero-order chi connectivity index (χ0) is 16.9. The lowest BCUT2D eigenvalue weighted by Gasteiger charge is -2.35. The summed E-state index contributed by atoms with van der Waals surface area (Å²) in [5, 5.41) is 6.68. The zero-order valence-electron chi connectivity index (χ0n) is 15.5. The third kappa shape index (κ3) is 6.99. The number of hydrogen-bond donors (Lipinski definition) is 2. The van der Waals surface area contributed by atoms with Crippen molar-refractivity contribution in [1.82, 2.24) is 10.6 Å². The number of nitrogens with one attached hydrogen (secondary N) is 2. The topological polar surface area (TPSA) is 50.4 Å². The van der Waals surface area contributed by atoms with Gasteiger partial charge in [0.05, 0.1) is 0 Å². The molecule has 0 spiro atoms. The van der Waals surface area contributed by atoms with Crippen LogP contribution in [0.5, 0.6) is 0 Å². The minimum absolute atomic E-state index is 0.0985. The van der Waals surface area contributed by atoms with Gasteiger partial charge in [-0.2, -0.15) is 0 Å². The Labute approximate surface area is 136 Å². The van der Waals surface area contributed by atoms with Gasteiger partial charge >= 0.3 is 6.09 Å². The lowest BCUT2D eigenvalue weighted by atomic mass is 9.80. The Morgan fingerprint density at radius 3 is 2.36 bits per heavy atom. The Hall–Kier alpha value is -0.770. The summed E-state index contributed by atoms with van der Waals surface area (Å²) in [5.41, 5.74) is -0.451. The molecule has 4 nitrogen and oxygen atoms in total. The average Bonchev–Trinajstić information content (AvgIpc) is 2.33. The molecule has 0 aliphatic heterocycles. The largest absolute Gasteiger partial charge is 0.444 e. The molecule has 1 aliphatic carbocycles. The highest BCUT2D eigenvalue weighted by molar-refractivity contribution is 5.68. The maximum Gasteiger partial charge on any atom is 0.407 e. The molecule has 4 heteroatoms. The summed E-state index contributed by atoms with van der Waals surface area (Å²) in [6.07, 6.45) is 3.51. The van der Waals surface area contributed by atoms with E-state index < -0.39 is 5.60 Å². The number of hydrogen-bond acceptors (Lipinski definition) is 3. The number of rotatable bonds is 5. The zero-order valence-corrected chi connectivity index (χ0v) is 15.5. The van der Waals surface area contributed by atoms with Crippen LogP contribution in [0.15, 0.2) is 0 Å². The first-order chi connectivity index (χ1) is 10.1. The molecule has 22 heavy (non-hydrogen) atoms. The fourth-order valence-electron chi connectivity index (χ4n) is 3.16. The van der Waals surface area contributed by atoms with Crippen molar-refractivity contribution < 1.29 is 9.53 Å². The summed E-state index contributed by atoms with van der Waals surface area (Å²) in [5.74, 6) is 1.92. The molecule has 1 saturated carbocycles. The molecular weight excluding hydrogens is 276 g/mol. The van der Waals surface area contributed by atoms with Gasteiger partial charge in [-0.3, -0.25) is 0 Å². The van der Waals surface area contributed by atoms with Crippen LogP contribution in [0.3, 0.4) is 0 Å². The van der Waals surface area contributed by atoms with Crippen molar-refractivity contribution in [2.45, 2.75) is 85.4 Å². The third-order valence-corrected chi connectivity index (χ3v) is 4.54. The van der Waals surface area contributed by atoms with Crippen molar-refractivity contribution in [2.75, 3.05) is 6.54 Å². The highest BCUT2D eigenvalue weighted by Gasteiger charge is 2.27. The van der Waals surface area contributed by atoms with Gasteiger partial charge in [-0.05, 0) is 57.8 Å². The van der Waals surface area contributed by atoms with Crippen molar-refractivity contribution >= 4 is 6.09 Å². The second-order valence-electron chi connectivity index (χ2n) is 8.41. The van der Waals surface area contributed by atoms with E-state index in [9.17, 15) is 4.79 Å². The van der Waals surface area contributed by atoms with Crippen LogP contribution in [0.25, 0.3) is 0 Å². The van der Waals surface area contributed by atoms with E-state index in [1.165, 1.54) is 19.3 Å². The number of alkyl carbamates (subject to hydrolysis) is 1. The first kappa shape index (κ1) is 19.3. The van der Waals surface area contributed by atoms with Crippen LogP contribution in [0.2, 0.25) is 0 Å². The smallest absolute Gasteiger partial charge is 0.407 e. The minimum Gasteiger partial charge on any atom is -0.444 e. The van der Waals surface area contributed by atoms with E-state index in [-0.39, 0.29) is 12.1 Å².